The molecule has 2 heterocycles. The molecule has 0 unspecified atom stereocenters. The number of para-hydroxylation sites is 1. The fraction of sp³-hybridized carbons (Fsp3) is 0.389. The number of hydrogen-bond donors (Lipinski definition) is 1. The lowest BCUT2D eigenvalue weighted by Gasteiger charge is -2.17. The van der Waals surface area contributed by atoms with Crippen LogP contribution in [0.15, 0.2) is 36.7 Å². The molecule has 23 heavy (non-hydrogen) atoms. The van der Waals surface area contributed by atoms with Gasteiger partial charge in [-0.1, -0.05) is 38.0 Å². The molecular formula is C18H22N4O. The van der Waals surface area contributed by atoms with Crippen LogP contribution in [0.4, 0.5) is 11.5 Å². The highest BCUT2D eigenvalue weighted by Crippen LogP contribution is 2.32. The largest absolute Gasteiger partial charge is 0.351 e. The maximum Gasteiger partial charge on any atom is 0.271 e. The van der Waals surface area contributed by atoms with Gasteiger partial charge in [-0.15, -0.1) is 0 Å². The molecule has 0 saturated carbocycles. The number of benzene rings is 1. The molecule has 1 amide bonds. The van der Waals surface area contributed by atoms with Gasteiger partial charge in [0.15, 0.2) is 5.82 Å². The quantitative estimate of drug-likeness (QED) is 0.833. The van der Waals surface area contributed by atoms with Gasteiger partial charge in [0.25, 0.3) is 5.91 Å². The molecule has 0 bridgehead atoms. The highest BCUT2D eigenvalue weighted by molar-refractivity contribution is 5.92. The van der Waals surface area contributed by atoms with E-state index in [0.29, 0.717) is 12.2 Å². The Morgan fingerprint density at radius 2 is 2.09 bits per heavy atom. The van der Waals surface area contributed by atoms with Gasteiger partial charge in [0.1, 0.15) is 5.69 Å². The van der Waals surface area contributed by atoms with Gasteiger partial charge in [-0.25, -0.2) is 9.97 Å². The molecule has 0 spiro atoms. The van der Waals surface area contributed by atoms with Crippen molar-refractivity contribution < 1.29 is 4.79 Å². The number of nitrogens with one attached hydrogen (secondary N) is 1. The number of rotatable bonds is 6. The normalized spacial score (nSPS) is 13.0. The van der Waals surface area contributed by atoms with Gasteiger partial charge in [0, 0.05) is 18.8 Å². The first kappa shape index (κ1) is 15.5. The van der Waals surface area contributed by atoms with Gasteiger partial charge < -0.3 is 10.2 Å². The van der Waals surface area contributed by atoms with Crippen LogP contribution < -0.4 is 10.2 Å². The lowest BCUT2D eigenvalue weighted by atomic mass is 10.2. The second kappa shape index (κ2) is 7.22. The Morgan fingerprint density at radius 3 is 2.87 bits per heavy atom. The number of anilines is 2. The van der Waals surface area contributed by atoms with Crippen LogP contribution in [0.2, 0.25) is 0 Å². The molecule has 0 fully saturated rings. The number of unbranched alkanes of at least 4 members (excludes halogenated alkanes) is 2. The van der Waals surface area contributed by atoms with E-state index in [1.165, 1.54) is 11.3 Å². The summed E-state index contributed by atoms with van der Waals surface area (Å²) < 4.78 is 0. The van der Waals surface area contributed by atoms with Gasteiger partial charge in [-0.3, -0.25) is 4.79 Å². The first-order valence-electron chi connectivity index (χ1n) is 8.25. The number of carbonyl (C=O) groups excluding carboxylic acids is 1. The van der Waals surface area contributed by atoms with Crippen molar-refractivity contribution in [3.05, 3.63) is 47.9 Å². The first-order valence-corrected chi connectivity index (χ1v) is 8.25. The van der Waals surface area contributed by atoms with Crippen molar-refractivity contribution in [2.45, 2.75) is 32.6 Å². The minimum absolute atomic E-state index is 0.151. The minimum Gasteiger partial charge on any atom is -0.351 e. The Hall–Kier alpha value is -2.43. The zero-order valence-electron chi connectivity index (χ0n) is 13.5. The highest BCUT2D eigenvalue weighted by Gasteiger charge is 2.21. The molecule has 1 aliphatic rings. The molecule has 1 N–H and O–H groups in total. The third-order valence-corrected chi connectivity index (χ3v) is 4.10. The Kier molecular flexibility index (Phi) is 4.86. The number of hydrogen-bond acceptors (Lipinski definition) is 4. The predicted molar refractivity (Wildman–Crippen MR) is 91.0 cm³/mol. The predicted octanol–water partition coefficient (Wildman–Crippen LogP) is 3.09. The molecule has 3 rings (SSSR count). The Bertz CT molecular complexity index is 669. The van der Waals surface area contributed by atoms with Gasteiger partial charge in [-0.2, -0.15) is 0 Å². The molecule has 1 aliphatic heterocycles. The van der Waals surface area contributed by atoms with Crippen LogP contribution in [0.25, 0.3) is 0 Å². The smallest absolute Gasteiger partial charge is 0.271 e. The maximum absolute atomic E-state index is 12.0. The molecule has 0 aliphatic carbocycles. The standard InChI is InChI=1S/C18H22N4O/c1-2-3-6-10-19-18(23)15-12-21-17(13-20-15)22-11-9-14-7-4-5-8-16(14)22/h4-5,7-8,12-13H,2-3,6,9-11H2,1H3,(H,19,23). The van der Waals surface area contributed by atoms with Gasteiger partial charge in [0.05, 0.1) is 12.4 Å². The van der Waals surface area contributed by atoms with Crippen molar-refractivity contribution in [2.24, 2.45) is 0 Å². The summed E-state index contributed by atoms with van der Waals surface area (Å²) in [4.78, 5) is 22.9. The molecule has 0 atom stereocenters. The van der Waals surface area contributed by atoms with Crippen molar-refractivity contribution in [1.82, 2.24) is 15.3 Å². The van der Waals surface area contributed by atoms with Gasteiger partial charge >= 0.3 is 0 Å². The summed E-state index contributed by atoms with van der Waals surface area (Å²) in [6.45, 7) is 3.73. The van der Waals surface area contributed by atoms with Crippen LogP contribution in [0.5, 0.6) is 0 Å². The molecule has 5 nitrogen and oxygen atoms in total. The van der Waals surface area contributed by atoms with E-state index in [-0.39, 0.29) is 5.91 Å². The summed E-state index contributed by atoms with van der Waals surface area (Å²) in [6, 6.07) is 8.32. The summed E-state index contributed by atoms with van der Waals surface area (Å²) in [5.74, 6) is 0.638. The van der Waals surface area contributed by atoms with Crippen LogP contribution in [0, 0.1) is 0 Å². The van der Waals surface area contributed by atoms with E-state index >= 15 is 0 Å². The van der Waals surface area contributed by atoms with Gasteiger partial charge in [0.2, 0.25) is 0 Å². The summed E-state index contributed by atoms with van der Waals surface area (Å²) in [5.41, 5.74) is 2.88. The summed E-state index contributed by atoms with van der Waals surface area (Å²) in [6.07, 6.45) is 7.52. The zero-order valence-corrected chi connectivity index (χ0v) is 13.5. The first-order chi connectivity index (χ1) is 11.3. The average Bonchev–Trinajstić information content (AvgIpc) is 3.03. The van der Waals surface area contributed by atoms with E-state index in [9.17, 15) is 4.79 Å². The number of nitrogens with zero attached hydrogens (tertiary/aromatic N) is 3. The van der Waals surface area contributed by atoms with Crippen molar-refractivity contribution in [3.8, 4) is 0 Å². The van der Waals surface area contributed by atoms with Crippen LogP contribution in [-0.2, 0) is 6.42 Å². The third-order valence-electron chi connectivity index (χ3n) is 4.10. The Labute approximate surface area is 136 Å². The number of fused-ring (bicyclic) bond motifs is 1. The number of aromatic nitrogens is 2. The molecule has 5 heteroatoms. The molecular weight excluding hydrogens is 288 g/mol. The highest BCUT2D eigenvalue weighted by atomic mass is 16.1. The molecule has 2 aromatic rings. The maximum atomic E-state index is 12.0. The van der Waals surface area contributed by atoms with Crippen LogP contribution in [-0.4, -0.2) is 29.0 Å². The fourth-order valence-corrected chi connectivity index (χ4v) is 2.82. The van der Waals surface area contributed by atoms with Crippen LogP contribution in [0.3, 0.4) is 0 Å². The van der Waals surface area contributed by atoms with Crippen molar-refractivity contribution in [3.63, 3.8) is 0 Å². The van der Waals surface area contributed by atoms with E-state index < -0.39 is 0 Å². The molecule has 0 radical (unpaired) electrons. The average molecular weight is 310 g/mol. The monoisotopic (exact) mass is 310 g/mol. The SMILES string of the molecule is CCCCCNC(=O)c1cnc(N2CCc3ccccc32)cn1. The minimum atomic E-state index is -0.151. The van der Waals surface area contributed by atoms with Gasteiger partial charge in [-0.05, 0) is 24.5 Å². The second-order valence-electron chi connectivity index (χ2n) is 5.75. The van der Waals surface area contributed by atoms with E-state index in [2.05, 4.69) is 45.3 Å². The van der Waals surface area contributed by atoms with Crippen molar-refractivity contribution >= 4 is 17.4 Å². The summed E-state index contributed by atoms with van der Waals surface area (Å²) in [7, 11) is 0. The lowest BCUT2D eigenvalue weighted by Crippen LogP contribution is -2.26. The number of amides is 1. The van der Waals surface area contributed by atoms with Crippen molar-refractivity contribution in [2.75, 3.05) is 18.0 Å². The number of carbonyl (C=O) groups is 1. The fourth-order valence-electron chi connectivity index (χ4n) is 2.82. The van der Waals surface area contributed by atoms with Crippen LogP contribution in [0.1, 0.15) is 42.2 Å². The zero-order chi connectivity index (χ0) is 16.1. The lowest BCUT2D eigenvalue weighted by molar-refractivity contribution is 0.0947. The molecule has 1 aromatic carbocycles. The Balaban J connectivity index is 1.65. The van der Waals surface area contributed by atoms with E-state index in [0.717, 1.165) is 38.0 Å². The Morgan fingerprint density at radius 1 is 1.22 bits per heavy atom. The second-order valence-corrected chi connectivity index (χ2v) is 5.75. The topological polar surface area (TPSA) is 58.1 Å². The van der Waals surface area contributed by atoms with E-state index in [1.807, 2.05) is 6.07 Å². The summed E-state index contributed by atoms with van der Waals surface area (Å²) in [5, 5.41) is 2.88. The molecule has 0 saturated heterocycles. The van der Waals surface area contributed by atoms with E-state index in [1.54, 1.807) is 12.4 Å². The van der Waals surface area contributed by atoms with Crippen molar-refractivity contribution in [1.29, 1.82) is 0 Å². The van der Waals surface area contributed by atoms with E-state index in [4.69, 9.17) is 0 Å². The summed E-state index contributed by atoms with van der Waals surface area (Å²) >= 11 is 0. The van der Waals surface area contributed by atoms with Crippen LogP contribution >= 0.6 is 0 Å². The molecule has 120 valence electrons. The molecule has 1 aromatic heterocycles. The third kappa shape index (κ3) is 3.50.